The van der Waals surface area contributed by atoms with E-state index in [2.05, 4.69) is 24.1 Å². The Balaban J connectivity index is 2.66. The van der Waals surface area contributed by atoms with E-state index in [4.69, 9.17) is 23.8 Å². The van der Waals surface area contributed by atoms with Crippen LogP contribution in [0, 0.1) is 6.92 Å². The molecule has 1 aromatic rings. The molecule has 0 aliphatic heterocycles. The fourth-order valence-electron chi connectivity index (χ4n) is 1.72. The number of amides is 1. The molecule has 116 valence electrons. The van der Waals surface area contributed by atoms with E-state index in [0.717, 1.165) is 28.7 Å². The number of anilines is 1. The van der Waals surface area contributed by atoms with Gasteiger partial charge in [-0.2, -0.15) is 0 Å². The third-order valence-electron chi connectivity index (χ3n) is 3.13. The molecule has 3 nitrogen and oxygen atoms in total. The van der Waals surface area contributed by atoms with Crippen molar-refractivity contribution >= 4 is 51.5 Å². The maximum atomic E-state index is 12.3. The van der Waals surface area contributed by atoms with Crippen LogP contribution in [0.15, 0.2) is 18.2 Å². The lowest BCUT2D eigenvalue weighted by molar-refractivity contribution is -0.115. The van der Waals surface area contributed by atoms with E-state index in [-0.39, 0.29) is 11.2 Å². The van der Waals surface area contributed by atoms with E-state index < -0.39 is 0 Å². The fraction of sp³-hybridized carbons (Fsp3) is 0.467. The number of aryl methyl sites for hydroxylation is 1. The number of hydrogen-bond acceptors (Lipinski definition) is 3. The van der Waals surface area contributed by atoms with Crippen molar-refractivity contribution in [1.82, 2.24) is 4.90 Å². The number of carbonyl (C=O) groups is 1. The monoisotopic (exact) mass is 344 g/mol. The number of rotatable bonds is 5. The zero-order valence-corrected chi connectivity index (χ0v) is 15.2. The highest BCUT2D eigenvalue weighted by molar-refractivity contribution is 8.23. The highest BCUT2D eigenvalue weighted by Crippen LogP contribution is 2.22. The quantitative estimate of drug-likeness (QED) is 0.805. The number of halogens is 1. The van der Waals surface area contributed by atoms with Gasteiger partial charge in [0.05, 0.1) is 5.25 Å². The van der Waals surface area contributed by atoms with Crippen molar-refractivity contribution < 1.29 is 4.79 Å². The SMILES string of the molecule is CCN(CC)C(=S)SC(C)C(=O)Nc1cc(Cl)ccc1C. The van der Waals surface area contributed by atoms with E-state index in [1.54, 1.807) is 12.1 Å². The molecule has 0 aliphatic carbocycles. The number of hydrogen-bond donors (Lipinski definition) is 1. The second-order valence-corrected chi connectivity index (χ2v) is 7.06. The Labute approximate surface area is 141 Å². The van der Waals surface area contributed by atoms with Crippen molar-refractivity contribution in [3.8, 4) is 0 Å². The molecule has 0 radical (unpaired) electrons. The Kier molecular flexibility index (Phi) is 7.49. The molecular formula is C15H21ClN2OS2. The van der Waals surface area contributed by atoms with Crippen LogP contribution in [0.5, 0.6) is 0 Å². The molecule has 0 fully saturated rings. The Morgan fingerprint density at radius 1 is 1.43 bits per heavy atom. The summed E-state index contributed by atoms with van der Waals surface area (Å²) >= 11 is 12.7. The molecule has 0 aliphatic rings. The second-order valence-electron chi connectivity index (χ2n) is 4.65. The van der Waals surface area contributed by atoms with Gasteiger partial charge in [0.2, 0.25) is 5.91 Å². The number of benzene rings is 1. The number of nitrogens with zero attached hydrogens (tertiary/aromatic N) is 1. The summed E-state index contributed by atoms with van der Waals surface area (Å²) in [5.74, 6) is -0.0696. The summed E-state index contributed by atoms with van der Waals surface area (Å²) in [5.41, 5.74) is 1.73. The van der Waals surface area contributed by atoms with Crippen LogP contribution >= 0.6 is 35.6 Å². The Bertz CT molecular complexity index is 518. The first-order valence-corrected chi connectivity index (χ1v) is 8.58. The minimum atomic E-state index is -0.253. The molecule has 1 atom stereocenters. The highest BCUT2D eigenvalue weighted by atomic mass is 35.5. The number of carbonyl (C=O) groups excluding carboxylic acids is 1. The molecule has 0 spiro atoms. The van der Waals surface area contributed by atoms with Crippen LogP contribution in [-0.4, -0.2) is 33.5 Å². The van der Waals surface area contributed by atoms with Crippen molar-refractivity contribution in [2.45, 2.75) is 32.9 Å². The average molecular weight is 345 g/mol. The minimum absolute atomic E-state index is 0.0696. The van der Waals surface area contributed by atoms with Gasteiger partial charge < -0.3 is 10.2 Å². The molecule has 6 heteroatoms. The zero-order valence-electron chi connectivity index (χ0n) is 12.8. The van der Waals surface area contributed by atoms with Gasteiger partial charge in [0.1, 0.15) is 4.32 Å². The summed E-state index contributed by atoms with van der Waals surface area (Å²) in [6.07, 6.45) is 0. The van der Waals surface area contributed by atoms with Gasteiger partial charge >= 0.3 is 0 Å². The van der Waals surface area contributed by atoms with Gasteiger partial charge in [0, 0.05) is 23.8 Å². The highest BCUT2D eigenvalue weighted by Gasteiger charge is 2.18. The van der Waals surface area contributed by atoms with Crippen LogP contribution in [-0.2, 0) is 4.79 Å². The second kappa shape index (κ2) is 8.61. The van der Waals surface area contributed by atoms with Crippen molar-refractivity contribution in [1.29, 1.82) is 0 Å². The standard InChI is InChI=1S/C15H21ClN2OS2/c1-5-18(6-2)15(20)21-11(4)14(19)17-13-9-12(16)8-7-10(13)3/h7-9,11H,5-6H2,1-4H3,(H,17,19). The maximum Gasteiger partial charge on any atom is 0.237 e. The van der Waals surface area contributed by atoms with Gasteiger partial charge in [0.25, 0.3) is 0 Å². The van der Waals surface area contributed by atoms with Crippen LogP contribution in [0.3, 0.4) is 0 Å². The van der Waals surface area contributed by atoms with Crippen molar-refractivity contribution in [3.05, 3.63) is 28.8 Å². The van der Waals surface area contributed by atoms with Gasteiger partial charge in [-0.15, -0.1) is 0 Å². The molecular weight excluding hydrogens is 324 g/mol. The normalized spacial score (nSPS) is 11.9. The lowest BCUT2D eigenvalue weighted by Crippen LogP contribution is -2.31. The van der Waals surface area contributed by atoms with Crippen molar-refractivity contribution in [2.24, 2.45) is 0 Å². The summed E-state index contributed by atoms with van der Waals surface area (Å²) in [6, 6.07) is 5.45. The molecule has 0 saturated heterocycles. The van der Waals surface area contributed by atoms with Gasteiger partial charge in [-0.3, -0.25) is 4.79 Å². The van der Waals surface area contributed by atoms with Crippen molar-refractivity contribution in [2.75, 3.05) is 18.4 Å². The first-order valence-electron chi connectivity index (χ1n) is 6.91. The predicted molar refractivity (Wildman–Crippen MR) is 97.4 cm³/mol. The zero-order chi connectivity index (χ0) is 16.0. The van der Waals surface area contributed by atoms with Crippen LogP contribution in [0.4, 0.5) is 5.69 Å². The first kappa shape index (κ1) is 18.3. The molecule has 0 bridgehead atoms. The molecule has 0 aromatic heterocycles. The third kappa shape index (κ3) is 5.49. The van der Waals surface area contributed by atoms with E-state index in [9.17, 15) is 4.79 Å². The van der Waals surface area contributed by atoms with Crippen LogP contribution < -0.4 is 5.32 Å². The third-order valence-corrected chi connectivity index (χ3v) is 4.94. The van der Waals surface area contributed by atoms with Gasteiger partial charge in [-0.1, -0.05) is 41.6 Å². The van der Waals surface area contributed by atoms with Crippen LogP contribution in [0.1, 0.15) is 26.3 Å². The summed E-state index contributed by atoms with van der Waals surface area (Å²) in [5, 5.41) is 3.26. The molecule has 1 rings (SSSR count). The molecule has 1 N–H and O–H groups in total. The Hall–Kier alpha value is -0.780. The topological polar surface area (TPSA) is 32.3 Å². The minimum Gasteiger partial charge on any atom is -0.358 e. The smallest absolute Gasteiger partial charge is 0.237 e. The van der Waals surface area contributed by atoms with E-state index in [1.165, 1.54) is 11.8 Å². The van der Waals surface area contributed by atoms with E-state index in [1.807, 2.05) is 19.9 Å². The molecule has 21 heavy (non-hydrogen) atoms. The summed E-state index contributed by atoms with van der Waals surface area (Å²) < 4.78 is 0.755. The van der Waals surface area contributed by atoms with E-state index in [0.29, 0.717) is 5.02 Å². The number of nitrogens with one attached hydrogen (secondary N) is 1. The maximum absolute atomic E-state index is 12.3. The lowest BCUT2D eigenvalue weighted by atomic mass is 10.2. The fourth-order valence-corrected chi connectivity index (χ4v) is 3.46. The molecule has 1 amide bonds. The van der Waals surface area contributed by atoms with Gasteiger partial charge in [-0.25, -0.2) is 0 Å². The number of thiocarbonyl (C=S) groups is 1. The largest absolute Gasteiger partial charge is 0.358 e. The number of thioether (sulfide) groups is 1. The first-order chi connectivity index (χ1) is 9.88. The lowest BCUT2D eigenvalue weighted by Gasteiger charge is -2.23. The van der Waals surface area contributed by atoms with Gasteiger partial charge in [-0.05, 0) is 45.4 Å². The molecule has 1 aromatic carbocycles. The van der Waals surface area contributed by atoms with Crippen LogP contribution in [0.2, 0.25) is 5.02 Å². The van der Waals surface area contributed by atoms with Crippen LogP contribution in [0.25, 0.3) is 0 Å². The summed E-state index contributed by atoms with van der Waals surface area (Å²) in [7, 11) is 0. The Morgan fingerprint density at radius 3 is 2.62 bits per heavy atom. The van der Waals surface area contributed by atoms with Crippen molar-refractivity contribution in [3.63, 3.8) is 0 Å². The van der Waals surface area contributed by atoms with Gasteiger partial charge in [0.15, 0.2) is 0 Å². The summed E-state index contributed by atoms with van der Waals surface area (Å²) in [6.45, 7) is 9.60. The molecule has 1 unspecified atom stereocenters. The predicted octanol–water partition coefficient (Wildman–Crippen LogP) is 4.34. The average Bonchev–Trinajstić information content (AvgIpc) is 2.44. The van der Waals surface area contributed by atoms with E-state index >= 15 is 0 Å². The molecule has 0 saturated carbocycles. The summed E-state index contributed by atoms with van der Waals surface area (Å²) in [4.78, 5) is 14.3. The Morgan fingerprint density at radius 2 is 2.05 bits per heavy atom. The molecule has 0 heterocycles.